The zero-order valence-electron chi connectivity index (χ0n) is 10.9. The summed E-state index contributed by atoms with van der Waals surface area (Å²) >= 11 is 5.67. The lowest BCUT2D eigenvalue weighted by molar-refractivity contribution is 0.473. The number of hydrogen-bond donors (Lipinski definition) is 1. The van der Waals surface area contributed by atoms with Crippen molar-refractivity contribution in [2.24, 2.45) is 0 Å². The fourth-order valence-electron chi connectivity index (χ4n) is 1.73. The predicted molar refractivity (Wildman–Crippen MR) is 75.3 cm³/mol. The average molecular weight is 298 g/mol. The van der Waals surface area contributed by atoms with E-state index in [0.717, 1.165) is 12.1 Å². The summed E-state index contributed by atoms with van der Waals surface area (Å²) < 4.78 is 32.1. The standard InChI is InChI=1S/C15H14ClF2NO/c1-2-19-9-10-5-11(17)7-13(6-10)20-12-3-4-15(18)14(16)8-12/h3-8,19H,2,9H2,1H3. The first-order valence-corrected chi connectivity index (χ1v) is 6.59. The van der Waals surface area contributed by atoms with Gasteiger partial charge in [0.2, 0.25) is 0 Å². The molecule has 0 bridgehead atoms. The van der Waals surface area contributed by atoms with Crippen molar-refractivity contribution in [3.63, 3.8) is 0 Å². The number of hydrogen-bond acceptors (Lipinski definition) is 2. The van der Waals surface area contributed by atoms with Crippen LogP contribution in [0, 0.1) is 11.6 Å². The van der Waals surface area contributed by atoms with Gasteiger partial charge in [0.05, 0.1) is 5.02 Å². The van der Waals surface area contributed by atoms with Crippen molar-refractivity contribution in [2.45, 2.75) is 13.5 Å². The Morgan fingerprint density at radius 3 is 2.60 bits per heavy atom. The Morgan fingerprint density at radius 2 is 1.90 bits per heavy atom. The Kier molecular flexibility index (Phi) is 4.93. The van der Waals surface area contributed by atoms with Gasteiger partial charge in [-0.15, -0.1) is 0 Å². The molecular formula is C15H14ClF2NO. The van der Waals surface area contributed by atoms with E-state index in [4.69, 9.17) is 16.3 Å². The number of ether oxygens (including phenoxy) is 1. The molecule has 0 aliphatic rings. The van der Waals surface area contributed by atoms with Gasteiger partial charge in [-0.1, -0.05) is 18.5 Å². The van der Waals surface area contributed by atoms with Crippen LogP contribution in [0.15, 0.2) is 36.4 Å². The van der Waals surface area contributed by atoms with Crippen LogP contribution in [0.25, 0.3) is 0 Å². The number of benzene rings is 2. The van der Waals surface area contributed by atoms with E-state index in [1.165, 1.54) is 30.3 Å². The first kappa shape index (κ1) is 14.8. The molecule has 0 aliphatic carbocycles. The van der Waals surface area contributed by atoms with Gasteiger partial charge >= 0.3 is 0 Å². The lowest BCUT2D eigenvalue weighted by Crippen LogP contribution is -2.11. The van der Waals surface area contributed by atoms with Gasteiger partial charge in [-0.25, -0.2) is 8.78 Å². The van der Waals surface area contributed by atoms with Crippen LogP contribution >= 0.6 is 11.6 Å². The third-order valence-electron chi connectivity index (χ3n) is 2.64. The van der Waals surface area contributed by atoms with Gasteiger partial charge in [-0.05, 0) is 36.4 Å². The molecule has 0 aliphatic heterocycles. The Balaban J connectivity index is 2.19. The summed E-state index contributed by atoms with van der Waals surface area (Å²) in [6.07, 6.45) is 0. The number of rotatable bonds is 5. The van der Waals surface area contributed by atoms with Crippen molar-refractivity contribution in [2.75, 3.05) is 6.54 Å². The highest BCUT2D eigenvalue weighted by atomic mass is 35.5. The minimum atomic E-state index is -0.522. The zero-order valence-corrected chi connectivity index (χ0v) is 11.7. The maximum Gasteiger partial charge on any atom is 0.142 e. The van der Waals surface area contributed by atoms with Crippen LogP contribution in [0.5, 0.6) is 11.5 Å². The van der Waals surface area contributed by atoms with Crippen LogP contribution in [0.1, 0.15) is 12.5 Å². The molecule has 0 saturated heterocycles. The lowest BCUT2D eigenvalue weighted by atomic mass is 10.2. The molecule has 0 atom stereocenters. The molecule has 0 amide bonds. The third kappa shape index (κ3) is 3.92. The van der Waals surface area contributed by atoms with Crippen molar-refractivity contribution >= 4 is 11.6 Å². The topological polar surface area (TPSA) is 21.3 Å². The summed E-state index contributed by atoms with van der Waals surface area (Å²) in [6.45, 7) is 3.31. The van der Waals surface area contributed by atoms with E-state index < -0.39 is 5.82 Å². The maximum absolute atomic E-state index is 13.5. The quantitative estimate of drug-likeness (QED) is 0.876. The molecule has 1 N–H and O–H groups in total. The highest BCUT2D eigenvalue weighted by Gasteiger charge is 2.06. The molecule has 2 nitrogen and oxygen atoms in total. The van der Waals surface area contributed by atoms with Gasteiger partial charge < -0.3 is 10.1 Å². The van der Waals surface area contributed by atoms with Gasteiger partial charge in [0.15, 0.2) is 0 Å². The first-order valence-electron chi connectivity index (χ1n) is 6.21. The Labute approximate surface area is 121 Å². The number of nitrogens with one attached hydrogen (secondary N) is 1. The Hall–Kier alpha value is -1.65. The number of halogens is 3. The van der Waals surface area contributed by atoms with Gasteiger partial charge in [0.1, 0.15) is 23.1 Å². The summed E-state index contributed by atoms with van der Waals surface area (Å²) in [7, 11) is 0. The summed E-state index contributed by atoms with van der Waals surface area (Å²) in [5.74, 6) is -0.202. The van der Waals surface area contributed by atoms with E-state index in [-0.39, 0.29) is 10.8 Å². The monoisotopic (exact) mass is 297 g/mol. The molecule has 0 heterocycles. The third-order valence-corrected chi connectivity index (χ3v) is 2.93. The second-order valence-electron chi connectivity index (χ2n) is 4.25. The van der Waals surface area contributed by atoms with Crippen molar-refractivity contribution in [3.05, 3.63) is 58.6 Å². The van der Waals surface area contributed by atoms with Crippen LogP contribution < -0.4 is 10.1 Å². The van der Waals surface area contributed by atoms with E-state index >= 15 is 0 Å². The fourth-order valence-corrected chi connectivity index (χ4v) is 1.90. The molecular weight excluding hydrogens is 284 g/mol. The van der Waals surface area contributed by atoms with E-state index in [1.807, 2.05) is 6.92 Å². The molecule has 106 valence electrons. The van der Waals surface area contributed by atoms with E-state index in [1.54, 1.807) is 6.07 Å². The fraction of sp³-hybridized carbons (Fsp3) is 0.200. The van der Waals surface area contributed by atoms with Crippen molar-refractivity contribution < 1.29 is 13.5 Å². The highest BCUT2D eigenvalue weighted by Crippen LogP contribution is 2.27. The molecule has 2 rings (SSSR count). The van der Waals surface area contributed by atoms with Crippen molar-refractivity contribution in [1.82, 2.24) is 5.32 Å². The molecule has 0 fully saturated rings. The largest absolute Gasteiger partial charge is 0.457 e. The minimum Gasteiger partial charge on any atom is -0.457 e. The van der Waals surface area contributed by atoms with E-state index in [2.05, 4.69) is 5.32 Å². The maximum atomic E-state index is 13.5. The van der Waals surface area contributed by atoms with Gasteiger partial charge in [0, 0.05) is 18.7 Å². The molecule has 5 heteroatoms. The molecule has 2 aromatic rings. The summed E-state index contributed by atoms with van der Waals surface area (Å²) in [5.41, 5.74) is 0.773. The molecule has 0 radical (unpaired) electrons. The molecule has 0 aromatic heterocycles. The molecule has 2 aromatic carbocycles. The summed E-state index contributed by atoms with van der Waals surface area (Å²) in [6, 6.07) is 8.43. The van der Waals surface area contributed by atoms with Gasteiger partial charge in [0.25, 0.3) is 0 Å². The molecule has 0 saturated carbocycles. The lowest BCUT2D eigenvalue weighted by Gasteiger charge is -2.09. The Bertz CT molecular complexity index is 604. The van der Waals surface area contributed by atoms with Crippen LogP contribution in [-0.4, -0.2) is 6.54 Å². The van der Waals surface area contributed by atoms with Crippen molar-refractivity contribution in [1.29, 1.82) is 0 Å². The Morgan fingerprint density at radius 1 is 1.10 bits per heavy atom. The molecule has 0 unspecified atom stereocenters. The molecule has 0 spiro atoms. The van der Waals surface area contributed by atoms with E-state index in [9.17, 15) is 8.78 Å². The predicted octanol–water partition coefficient (Wildman–Crippen LogP) is 4.52. The van der Waals surface area contributed by atoms with Crippen LogP contribution in [-0.2, 0) is 6.54 Å². The average Bonchev–Trinajstić information content (AvgIpc) is 2.40. The highest BCUT2D eigenvalue weighted by molar-refractivity contribution is 6.30. The zero-order chi connectivity index (χ0) is 14.5. The summed E-state index contributed by atoms with van der Waals surface area (Å²) in [4.78, 5) is 0. The van der Waals surface area contributed by atoms with Crippen LogP contribution in [0.3, 0.4) is 0 Å². The van der Waals surface area contributed by atoms with Gasteiger partial charge in [-0.3, -0.25) is 0 Å². The van der Waals surface area contributed by atoms with Crippen LogP contribution in [0.2, 0.25) is 5.02 Å². The normalized spacial score (nSPS) is 10.6. The van der Waals surface area contributed by atoms with E-state index in [0.29, 0.717) is 18.0 Å². The second-order valence-corrected chi connectivity index (χ2v) is 4.66. The van der Waals surface area contributed by atoms with Crippen molar-refractivity contribution in [3.8, 4) is 11.5 Å². The van der Waals surface area contributed by atoms with Crippen LogP contribution in [0.4, 0.5) is 8.78 Å². The first-order chi connectivity index (χ1) is 9.58. The SMILES string of the molecule is CCNCc1cc(F)cc(Oc2ccc(F)c(Cl)c2)c1. The van der Waals surface area contributed by atoms with Gasteiger partial charge in [-0.2, -0.15) is 0 Å². The summed E-state index contributed by atoms with van der Waals surface area (Å²) in [5, 5.41) is 3.07. The minimum absolute atomic E-state index is 0.0354. The molecule has 20 heavy (non-hydrogen) atoms. The smallest absolute Gasteiger partial charge is 0.142 e. The second kappa shape index (κ2) is 6.68.